The number of thiophene rings is 1. The number of amides is 2. The van der Waals surface area contributed by atoms with Gasteiger partial charge in [-0.2, -0.15) is 0 Å². The molecule has 1 heterocycles. The number of likely N-dealkylation sites (N-methyl/N-ethyl adjacent to an activating group) is 1. The molecule has 0 aliphatic rings. The molecule has 0 radical (unpaired) electrons. The summed E-state index contributed by atoms with van der Waals surface area (Å²) < 4.78 is 0. The molecule has 0 aliphatic heterocycles. The molecule has 2 aromatic carbocycles. The van der Waals surface area contributed by atoms with Crippen molar-refractivity contribution in [1.29, 1.82) is 0 Å². The number of rotatable bonds is 5. The van der Waals surface area contributed by atoms with Gasteiger partial charge in [0.1, 0.15) is 0 Å². The van der Waals surface area contributed by atoms with Crippen LogP contribution < -0.4 is 5.32 Å². The molecule has 0 atom stereocenters. The Labute approximate surface area is 180 Å². The molecule has 3 aromatic rings. The lowest BCUT2D eigenvalue weighted by molar-refractivity contribution is -0.116. The van der Waals surface area contributed by atoms with Crippen LogP contribution in [-0.2, 0) is 4.79 Å². The molecule has 2 amide bonds. The first-order valence-electron chi connectivity index (χ1n) is 9.23. The maximum absolute atomic E-state index is 12.7. The zero-order valence-corrected chi connectivity index (χ0v) is 18.4. The van der Waals surface area contributed by atoms with Gasteiger partial charge in [0.05, 0.1) is 11.4 Å². The summed E-state index contributed by atoms with van der Waals surface area (Å²) in [6.45, 7) is 5.94. The van der Waals surface area contributed by atoms with Crippen LogP contribution in [0, 0.1) is 20.8 Å². The van der Waals surface area contributed by atoms with Gasteiger partial charge < -0.3 is 10.2 Å². The Morgan fingerprint density at radius 2 is 1.62 bits per heavy atom. The minimum atomic E-state index is -0.217. The van der Waals surface area contributed by atoms with E-state index in [-0.39, 0.29) is 18.4 Å². The van der Waals surface area contributed by atoms with Gasteiger partial charge in [-0.1, -0.05) is 41.4 Å². The van der Waals surface area contributed by atoms with Gasteiger partial charge in [-0.15, -0.1) is 11.3 Å². The van der Waals surface area contributed by atoms with Crippen LogP contribution in [0.15, 0.2) is 48.5 Å². The molecule has 0 aliphatic carbocycles. The van der Waals surface area contributed by atoms with Crippen molar-refractivity contribution >= 4 is 40.4 Å². The largest absolute Gasteiger partial charge is 0.332 e. The van der Waals surface area contributed by atoms with Gasteiger partial charge in [0, 0.05) is 22.6 Å². The van der Waals surface area contributed by atoms with E-state index in [0.29, 0.717) is 9.90 Å². The van der Waals surface area contributed by atoms with Crippen LogP contribution in [0.2, 0.25) is 5.02 Å². The number of carbonyl (C=O) groups is 2. The number of hydrogen-bond acceptors (Lipinski definition) is 3. The van der Waals surface area contributed by atoms with Gasteiger partial charge >= 0.3 is 0 Å². The second-order valence-corrected chi connectivity index (χ2v) is 8.67. The molecule has 0 unspecified atom stereocenters. The van der Waals surface area contributed by atoms with E-state index in [0.717, 1.165) is 32.8 Å². The standard InChI is InChI=1S/C23H23ClN2O2S/c1-14-11-15(2)22(16(3)12-14)25-21(27)13-26(4)23(28)20-10-9-19(29-20)17-5-7-18(24)8-6-17/h5-12H,13H2,1-4H3,(H,25,27). The third-order valence-corrected chi connectivity index (χ3v) is 5.99. The Bertz CT molecular complexity index is 1030. The molecule has 0 saturated carbocycles. The second kappa shape index (κ2) is 8.80. The number of nitrogens with zero attached hydrogens (tertiary/aromatic N) is 1. The number of aryl methyl sites for hydroxylation is 3. The second-order valence-electron chi connectivity index (χ2n) is 7.15. The fraction of sp³-hybridized carbons (Fsp3) is 0.217. The van der Waals surface area contributed by atoms with E-state index in [1.54, 1.807) is 13.1 Å². The van der Waals surface area contributed by atoms with Gasteiger partial charge in [-0.25, -0.2) is 0 Å². The van der Waals surface area contributed by atoms with E-state index in [9.17, 15) is 9.59 Å². The molecular formula is C23H23ClN2O2S. The van der Waals surface area contributed by atoms with Crippen LogP contribution in [0.25, 0.3) is 10.4 Å². The summed E-state index contributed by atoms with van der Waals surface area (Å²) in [4.78, 5) is 28.2. The molecule has 1 N–H and O–H groups in total. The van der Waals surface area contributed by atoms with Gasteiger partial charge in [-0.3, -0.25) is 9.59 Å². The average Bonchev–Trinajstić information content (AvgIpc) is 3.14. The fourth-order valence-corrected chi connectivity index (χ4v) is 4.39. The Balaban J connectivity index is 1.66. The van der Waals surface area contributed by atoms with Crippen LogP contribution in [0.5, 0.6) is 0 Å². The summed E-state index contributed by atoms with van der Waals surface area (Å²) in [5, 5.41) is 3.61. The average molecular weight is 427 g/mol. The number of anilines is 1. The highest BCUT2D eigenvalue weighted by Crippen LogP contribution is 2.29. The molecule has 0 saturated heterocycles. The van der Waals surface area contributed by atoms with Crippen molar-refractivity contribution in [3.63, 3.8) is 0 Å². The number of halogens is 1. The minimum Gasteiger partial charge on any atom is -0.332 e. The van der Waals surface area contributed by atoms with E-state index < -0.39 is 0 Å². The third-order valence-electron chi connectivity index (χ3n) is 4.61. The molecule has 1 aromatic heterocycles. The van der Waals surface area contributed by atoms with E-state index in [2.05, 4.69) is 5.32 Å². The quantitative estimate of drug-likeness (QED) is 0.568. The lowest BCUT2D eigenvalue weighted by Crippen LogP contribution is -2.34. The lowest BCUT2D eigenvalue weighted by atomic mass is 10.1. The Morgan fingerprint density at radius 1 is 1.00 bits per heavy atom. The predicted molar refractivity (Wildman–Crippen MR) is 121 cm³/mol. The summed E-state index contributed by atoms with van der Waals surface area (Å²) in [6, 6.07) is 15.3. The highest BCUT2D eigenvalue weighted by molar-refractivity contribution is 7.17. The molecule has 150 valence electrons. The van der Waals surface area contributed by atoms with Crippen molar-refractivity contribution in [1.82, 2.24) is 4.90 Å². The zero-order valence-electron chi connectivity index (χ0n) is 16.9. The highest BCUT2D eigenvalue weighted by Gasteiger charge is 2.18. The number of nitrogens with one attached hydrogen (secondary N) is 1. The van der Waals surface area contributed by atoms with Crippen LogP contribution in [-0.4, -0.2) is 30.3 Å². The molecule has 29 heavy (non-hydrogen) atoms. The van der Waals surface area contributed by atoms with E-state index in [1.807, 2.05) is 63.2 Å². The van der Waals surface area contributed by atoms with Crippen molar-refractivity contribution in [2.45, 2.75) is 20.8 Å². The van der Waals surface area contributed by atoms with Gasteiger partial charge in [0.15, 0.2) is 0 Å². The maximum Gasteiger partial charge on any atom is 0.264 e. The molecule has 0 spiro atoms. The Hall–Kier alpha value is -2.63. The molecule has 3 rings (SSSR count). The summed E-state index contributed by atoms with van der Waals surface area (Å²) in [6.07, 6.45) is 0. The molecule has 6 heteroatoms. The first-order valence-corrected chi connectivity index (χ1v) is 10.4. The van der Waals surface area contributed by atoms with Crippen molar-refractivity contribution in [2.24, 2.45) is 0 Å². The maximum atomic E-state index is 12.7. The van der Waals surface area contributed by atoms with Gasteiger partial charge in [0.2, 0.25) is 5.91 Å². The van der Waals surface area contributed by atoms with Crippen molar-refractivity contribution in [3.05, 3.63) is 75.1 Å². The molecule has 0 fully saturated rings. The van der Waals surface area contributed by atoms with Crippen molar-refractivity contribution in [2.75, 3.05) is 18.9 Å². The first kappa shape index (κ1) is 21.1. The van der Waals surface area contributed by atoms with E-state index in [4.69, 9.17) is 11.6 Å². The number of carbonyl (C=O) groups excluding carboxylic acids is 2. The molecule has 0 bridgehead atoms. The van der Waals surface area contributed by atoms with Gasteiger partial charge in [0.25, 0.3) is 5.91 Å². The summed E-state index contributed by atoms with van der Waals surface area (Å²) in [7, 11) is 1.64. The Kier molecular flexibility index (Phi) is 6.40. The predicted octanol–water partition coefficient (Wildman–Crippen LogP) is 5.70. The molecule has 4 nitrogen and oxygen atoms in total. The van der Waals surface area contributed by atoms with Gasteiger partial charge in [-0.05, 0) is 61.7 Å². The topological polar surface area (TPSA) is 49.4 Å². The lowest BCUT2D eigenvalue weighted by Gasteiger charge is -2.18. The molecular weight excluding hydrogens is 404 g/mol. The SMILES string of the molecule is Cc1cc(C)c(NC(=O)CN(C)C(=O)c2ccc(-c3ccc(Cl)cc3)s2)c(C)c1. The normalized spacial score (nSPS) is 10.7. The van der Waals surface area contributed by atoms with Crippen LogP contribution in [0.4, 0.5) is 5.69 Å². The van der Waals surface area contributed by atoms with Crippen molar-refractivity contribution < 1.29 is 9.59 Å². The smallest absolute Gasteiger partial charge is 0.264 e. The third kappa shape index (κ3) is 5.05. The van der Waals surface area contributed by atoms with Crippen LogP contribution >= 0.6 is 22.9 Å². The zero-order chi connectivity index (χ0) is 21.1. The number of hydrogen-bond donors (Lipinski definition) is 1. The van der Waals surface area contributed by atoms with Crippen molar-refractivity contribution in [3.8, 4) is 10.4 Å². The Morgan fingerprint density at radius 3 is 2.24 bits per heavy atom. The monoisotopic (exact) mass is 426 g/mol. The highest BCUT2D eigenvalue weighted by atomic mass is 35.5. The van der Waals surface area contributed by atoms with E-state index >= 15 is 0 Å². The first-order chi connectivity index (χ1) is 13.7. The fourth-order valence-electron chi connectivity index (χ4n) is 3.25. The number of benzene rings is 2. The van der Waals surface area contributed by atoms with E-state index in [1.165, 1.54) is 16.2 Å². The van der Waals surface area contributed by atoms with Crippen LogP contribution in [0.3, 0.4) is 0 Å². The minimum absolute atomic E-state index is 0.0141. The summed E-state index contributed by atoms with van der Waals surface area (Å²) in [5.74, 6) is -0.395. The van der Waals surface area contributed by atoms with Crippen LogP contribution in [0.1, 0.15) is 26.4 Å². The summed E-state index contributed by atoms with van der Waals surface area (Å²) >= 11 is 7.33. The summed E-state index contributed by atoms with van der Waals surface area (Å²) in [5.41, 5.74) is 4.98.